The van der Waals surface area contributed by atoms with Gasteiger partial charge in [-0.2, -0.15) is 0 Å². The molecule has 0 fully saturated rings. The average Bonchev–Trinajstić information content (AvgIpc) is 2.79. The molecule has 2 aromatic carbocycles. The number of ether oxygens (including phenoxy) is 1. The Morgan fingerprint density at radius 3 is 2.21 bits per heavy atom. The molecule has 6 nitrogen and oxygen atoms in total. The minimum atomic E-state index is -3.95. The van der Waals surface area contributed by atoms with Crippen molar-refractivity contribution in [1.29, 1.82) is 0 Å². The maximum atomic E-state index is 14.3. The number of benzene rings is 2. The zero-order valence-electron chi connectivity index (χ0n) is 20.2. The highest BCUT2D eigenvalue weighted by atomic mass is 32.2. The summed E-state index contributed by atoms with van der Waals surface area (Å²) in [5, 5.41) is 0. The van der Waals surface area contributed by atoms with Crippen molar-refractivity contribution in [3.05, 3.63) is 77.9 Å². The molecular weight excluding hydrogens is 434 g/mol. The summed E-state index contributed by atoms with van der Waals surface area (Å²) in [7, 11) is -3.95. The van der Waals surface area contributed by atoms with Crippen LogP contribution in [-0.2, 0) is 16.4 Å². The molecule has 0 aliphatic rings. The molecule has 0 amide bonds. The van der Waals surface area contributed by atoms with E-state index in [4.69, 9.17) is 4.74 Å². The van der Waals surface area contributed by atoms with Crippen LogP contribution in [0.3, 0.4) is 0 Å². The highest BCUT2D eigenvalue weighted by Crippen LogP contribution is 2.40. The van der Waals surface area contributed by atoms with Gasteiger partial charge in [0, 0.05) is 18.0 Å². The van der Waals surface area contributed by atoms with Gasteiger partial charge in [-0.1, -0.05) is 45.0 Å². The highest BCUT2D eigenvalue weighted by Gasteiger charge is 2.34. The normalized spacial score (nSPS) is 12.7. The Morgan fingerprint density at radius 1 is 0.939 bits per heavy atom. The van der Waals surface area contributed by atoms with Crippen LogP contribution in [0.4, 0.5) is 5.69 Å². The van der Waals surface area contributed by atoms with Gasteiger partial charge in [-0.3, -0.25) is 4.31 Å². The topological polar surface area (TPSA) is 72.4 Å². The van der Waals surface area contributed by atoms with Crippen LogP contribution in [-0.4, -0.2) is 24.5 Å². The monoisotopic (exact) mass is 467 g/mol. The summed E-state index contributed by atoms with van der Waals surface area (Å²) in [6.07, 6.45) is 5.23. The fourth-order valence-electron chi connectivity index (χ4n) is 3.79. The Labute approximate surface area is 197 Å². The van der Waals surface area contributed by atoms with Gasteiger partial charge in [0.1, 0.15) is 12.1 Å². The van der Waals surface area contributed by atoms with E-state index in [1.165, 1.54) is 10.6 Å². The summed E-state index contributed by atoms with van der Waals surface area (Å²) in [5.41, 5.74) is 3.09. The maximum absolute atomic E-state index is 14.3. The first-order valence-electron chi connectivity index (χ1n) is 11.3. The van der Waals surface area contributed by atoms with E-state index in [0.717, 1.165) is 11.1 Å². The Balaban J connectivity index is 2.25. The third kappa shape index (κ3) is 5.36. The molecule has 1 aromatic heterocycles. The number of aromatic nitrogens is 2. The van der Waals surface area contributed by atoms with Crippen molar-refractivity contribution in [2.45, 2.75) is 70.9 Å². The van der Waals surface area contributed by atoms with E-state index in [1.807, 2.05) is 52.0 Å². The minimum absolute atomic E-state index is 0.109. The minimum Gasteiger partial charge on any atom is -0.489 e. The molecule has 0 radical (unpaired) electrons. The van der Waals surface area contributed by atoms with Crippen LogP contribution < -0.4 is 9.04 Å². The standard InChI is InChI=1S/C26H33N3O3S/c1-7-21-14-22(18(2)3)12-13-26(21)33(30,31)29(20(6)23-15-27-17-28-16-23)24-10-8-9-11-25(24)32-19(4)5/h8-20H,7H2,1-6H3. The predicted octanol–water partition coefficient (Wildman–Crippen LogP) is 5.91. The number of para-hydroxylation sites is 2. The SMILES string of the molecule is CCc1cc(C(C)C)ccc1S(=O)(=O)N(c1ccccc1OC(C)C)C(C)c1cncnc1. The van der Waals surface area contributed by atoms with Gasteiger partial charge in [0.15, 0.2) is 0 Å². The maximum Gasteiger partial charge on any atom is 0.265 e. The molecule has 0 N–H and O–H groups in total. The number of rotatable bonds is 9. The smallest absolute Gasteiger partial charge is 0.265 e. The molecule has 33 heavy (non-hydrogen) atoms. The Kier molecular flexibility index (Phi) is 7.74. The Hall–Kier alpha value is -2.93. The number of hydrogen-bond acceptors (Lipinski definition) is 5. The largest absolute Gasteiger partial charge is 0.489 e. The third-order valence-corrected chi connectivity index (χ3v) is 7.53. The molecule has 1 atom stereocenters. The van der Waals surface area contributed by atoms with Gasteiger partial charge in [-0.05, 0) is 62.4 Å². The van der Waals surface area contributed by atoms with Crippen molar-refractivity contribution in [1.82, 2.24) is 9.97 Å². The van der Waals surface area contributed by atoms with Crippen molar-refractivity contribution in [3.63, 3.8) is 0 Å². The molecule has 1 heterocycles. The highest BCUT2D eigenvalue weighted by molar-refractivity contribution is 7.93. The van der Waals surface area contributed by atoms with Crippen LogP contribution in [0.2, 0.25) is 0 Å². The second-order valence-electron chi connectivity index (χ2n) is 8.66. The van der Waals surface area contributed by atoms with E-state index in [-0.39, 0.29) is 6.10 Å². The third-order valence-electron chi connectivity index (χ3n) is 5.55. The molecule has 0 saturated heterocycles. The van der Waals surface area contributed by atoms with Crippen molar-refractivity contribution in [2.75, 3.05) is 4.31 Å². The molecule has 0 aliphatic heterocycles. The van der Waals surface area contributed by atoms with Crippen LogP contribution in [0.25, 0.3) is 0 Å². The van der Waals surface area contributed by atoms with Crippen molar-refractivity contribution < 1.29 is 13.2 Å². The number of nitrogens with zero attached hydrogens (tertiary/aromatic N) is 3. The summed E-state index contributed by atoms with van der Waals surface area (Å²) in [4.78, 5) is 8.52. The summed E-state index contributed by atoms with van der Waals surface area (Å²) >= 11 is 0. The first-order valence-corrected chi connectivity index (χ1v) is 12.8. The molecule has 7 heteroatoms. The van der Waals surface area contributed by atoms with Gasteiger partial charge in [0.2, 0.25) is 0 Å². The molecule has 0 aliphatic carbocycles. The molecule has 3 aromatic rings. The zero-order chi connectivity index (χ0) is 24.2. The number of aryl methyl sites for hydroxylation is 1. The van der Waals surface area contributed by atoms with Crippen LogP contribution in [0.1, 0.15) is 70.2 Å². The van der Waals surface area contributed by atoms with Crippen LogP contribution >= 0.6 is 0 Å². The molecule has 1 unspecified atom stereocenters. The second kappa shape index (κ2) is 10.3. The molecule has 3 rings (SSSR count). The lowest BCUT2D eigenvalue weighted by atomic mass is 10.00. The van der Waals surface area contributed by atoms with Crippen LogP contribution in [0.5, 0.6) is 5.75 Å². The fourth-order valence-corrected chi connectivity index (χ4v) is 5.73. The van der Waals surface area contributed by atoms with Crippen LogP contribution in [0, 0.1) is 0 Å². The quantitative estimate of drug-likeness (QED) is 0.391. The van der Waals surface area contributed by atoms with Gasteiger partial charge in [-0.25, -0.2) is 18.4 Å². The number of anilines is 1. The lowest BCUT2D eigenvalue weighted by Crippen LogP contribution is -2.35. The summed E-state index contributed by atoms with van der Waals surface area (Å²) in [5.74, 6) is 0.820. The Morgan fingerprint density at radius 2 is 1.61 bits per heavy atom. The van der Waals surface area contributed by atoms with Gasteiger partial charge in [0.25, 0.3) is 10.0 Å². The first kappa shape index (κ1) is 24.7. The van der Waals surface area contributed by atoms with Gasteiger partial charge in [0.05, 0.1) is 22.7 Å². The van der Waals surface area contributed by atoms with E-state index in [2.05, 4.69) is 23.8 Å². The van der Waals surface area contributed by atoms with Crippen LogP contribution in [0.15, 0.2) is 66.1 Å². The van der Waals surface area contributed by atoms with E-state index < -0.39 is 16.1 Å². The average molecular weight is 468 g/mol. The van der Waals surface area contributed by atoms with E-state index in [0.29, 0.717) is 34.2 Å². The number of hydrogen-bond donors (Lipinski definition) is 0. The molecule has 0 spiro atoms. The fraction of sp³-hybridized carbons (Fsp3) is 0.385. The van der Waals surface area contributed by atoms with E-state index >= 15 is 0 Å². The zero-order valence-corrected chi connectivity index (χ0v) is 21.0. The second-order valence-corrected chi connectivity index (χ2v) is 10.4. The summed E-state index contributed by atoms with van der Waals surface area (Å²) in [6.45, 7) is 11.9. The summed E-state index contributed by atoms with van der Waals surface area (Å²) in [6, 6.07) is 12.3. The van der Waals surface area contributed by atoms with Gasteiger partial charge in [-0.15, -0.1) is 0 Å². The molecule has 176 valence electrons. The molecular formula is C26H33N3O3S. The predicted molar refractivity (Wildman–Crippen MR) is 132 cm³/mol. The Bertz CT molecular complexity index is 1180. The lowest BCUT2D eigenvalue weighted by molar-refractivity contribution is 0.243. The summed E-state index contributed by atoms with van der Waals surface area (Å²) < 4.78 is 36.0. The van der Waals surface area contributed by atoms with Gasteiger partial charge >= 0.3 is 0 Å². The number of sulfonamides is 1. The van der Waals surface area contributed by atoms with Gasteiger partial charge < -0.3 is 4.74 Å². The first-order chi connectivity index (χ1) is 15.7. The lowest BCUT2D eigenvalue weighted by Gasteiger charge is -2.32. The molecule has 0 saturated carbocycles. The van der Waals surface area contributed by atoms with E-state index in [9.17, 15) is 8.42 Å². The van der Waals surface area contributed by atoms with E-state index in [1.54, 1.807) is 30.6 Å². The van der Waals surface area contributed by atoms with Crippen molar-refractivity contribution in [3.8, 4) is 5.75 Å². The van der Waals surface area contributed by atoms with Crippen molar-refractivity contribution >= 4 is 15.7 Å². The van der Waals surface area contributed by atoms with Crippen molar-refractivity contribution in [2.24, 2.45) is 0 Å². The molecule has 0 bridgehead atoms.